The van der Waals surface area contributed by atoms with Crippen molar-refractivity contribution in [3.05, 3.63) is 36.5 Å². The van der Waals surface area contributed by atoms with Crippen LogP contribution < -0.4 is 5.32 Å². The molecular weight excluding hydrogens is 971 g/mol. The second-order valence-corrected chi connectivity index (χ2v) is 24.6. The summed E-state index contributed by atoms with van der Waals surface area (Å²) < 4.78 is 5.51. The van der Waals surface area contributed by atoms with Gasteiger partial charge in [0.25, 0.3) is 0 Å². The fourth-order valence-electron chi connectivity index (χ4n) is 11.2. The molecule has 0 spiro atoms. The number of rotatable bonds is 67. The number of esters is 1. The molecule has 1 amide bonds. The molecule has 0 fully saturated rings. The summed E-state index contributed by atoms with van der Waals surface area (Å²) in [7, 11) is 0. The first-order chi connectivity index (χ1) is 39.0. The van der Waals surface area contributed by atoms with Gasteiger partial charge in [-0.1, -0.05) is 352 Å². The molecule has 0 saturated heterocycles. The highest BCUT2D eigenvalue weighted by Crippen LogP contribution is 2.19. The highest BCUT2D eigenvalue weighted by atomic mass is 16.5. The van der Waals surface area contributed by atoms with E-state index in [2.05, 4.69) is 43.5 Å². The standard InChI is InChI=1S/C73H139NO5/c1-3-5-7-9-11-13-15-16-17-18-33-37-40-43-47-51-55-59-63-67-73(78)79-68-64-60-56-52-48-44-41-38-35-32-30-28-26-24-22-20-19-21-23-25-27-29-31-34-36-39-42-46-50-54-58-62-66-72(77)74-70(69-75)71(76)65-61-57-53-49-45-14-12-10-8-6-4-2/h11,13,16-17,61,65,70-71,75-76H,3-10,12,14-15,18-60,62-64,66-69H2,1-2H3,(H,74,77)/b13-11-,17-16-,65-61+. The molecule has 2 atom stereocenters. The Bertz CT molecular complexity index is 1280. The van der Waals surface area contributed by atoms with Gasteiger partial charge in [-0.15, -0.1) is 0 Å². The lowest BCUT2D eigenvalue weighted by Crippen LogP contribution is -2.45. The second-order valence-electron chi connectivity index (χ2n) is 24.6. The van der Waals surface area contributed by atoms with Crippen LogP contribution in [-0.2, 0) is 14.3 Å². The summed E-state index contributed by atoms with van der Waals surface area (Å²) in [6, 6.07) is -0.623. The molecule has 0 aromatic carbocycles. The minimum atomic E-state index is -0.840. The molecule has 466 valence electrons. The fourth-order valence-corrected chi connectivity index (χ4v) is 11.2. The predicted octanol–water partition coefficient (Wildman–Crippen LogP) is 23.1. The van der Waals surface area contributed by atoms with Crippen LogP contribution in [0, 0.1) is 0 Å². The van der Waals surface area contributed by atoms with Crippen molar-refractivity contribution in [2.75, 3.05) is 13.2 Å². The van der Waals surface area contributed by atoms with E-state index in [9.17, 15) is 19.8 Å². The third kappa shape index (κ3) is 65.1. The summed E-state index contributed by atoms with van der Waals surface area (Å²) in [5.41, 5.74) is 0. The number of hydrogen-bond donors (Lipinski definition) is 3. The number of hydrogen-bond acceptors (Lipinski definition) is 5. The van der Waals surface area contributed by atoms with Crippen LogP contribution in [0.1, 0.15) is 393 Å². The van der Waals surface area contributed by atoms with E-state index < -0.39 is 12.1 Å². The number of carbonyl (C=O) groups is 2. The summed E-state index contributed by atoms with van der Waals surface area (Å²) in [5, 5.41) is 23.1. The molecule has 2 unspecified atom stereocenters. The zero-order chi connectivity index (χ0) is 57.1. The highest BCUT2D eigenvalue weighted by Gasteiger charge is 2.18. The third-order valence-corrected chi connectivity index (χ3v) is 16.7. The van der Waals surface area contributed by atoms with Crippen LogP contribution in [-0.4, -0.2) is 47.4 Å². The Morgan fingerprint density at radius 1 is 0.354 bits per heavy atom. The van der Waals surface area contributed by atoms with Crippen LogP contribution in [0.25, 0.3) is 0 Å². The molecule has 6 heteroatoms. The number of ether oxygens (including phenoxy) is 1. The predicted molar refractivity (Wildman–Crippen MR) is 347 cm³/mol. The first-order valence-corrected chi connectivity index (χ1v) is 35.8. The molecule has 0 bridgehead atoms. The Balaban J connectivity index is 3.30. The van der Waals surface area contributed by atoms with Gasteiger partial charge in [0.2, 0.25) is 5.91 Å². The van der Waals surface area contributed by atoms with Gasteiger partial charge in [-0.05, 0) is 64.2 Å². The van der Waals surface area contributed by atoms with Crippen LogP contribution in [0.5, 0.6) is 0 Å². The van der Waals surface area contributed by atoms with Gasteiger partial charge in [0.15, 0.2) is 0 Å². The smallest absolute Gasteiger partial charge is 0.305 e. The molecule has 0 aliphatic carbocycles. The number of allylic oxidation sites excluding steroid dienone is 5. The van der Waals surface area contributed by atoms with Crippen LogP contribution >= 0.6 is 0 Å². The van der Waals surface area contributed by atoms with Crippen molar-refractivity contribution in [3.8, 4) is 0 Å². The Morgan fingerprint density at radius 3 is 0.987 bits per heavy atom. The molecule has 3 N–H and O–H groups in total. The van der Waals surface area contributed by atoms with E-state index in [0.717, 1.165) is 51.4 Å². The SMILES string of the molecule is CCCCC/C=C\C/C=C\CCCCCCCCCCCC(=O)OCCCCCCCCCCCCCCCCCCCCCCCCCCCCCCCCCCC(=O)NC(CO)C(O)/C=C/CCCCCCCCCCC. The fraction of sp³-hybridized carbons (Fsp3) is 0.890. The molecule has 0 aromatic heterocycles. The molecule has 0 aliphatic heterocycles. The third-order valence-electron chi connectivity index (χ3n) is 16.7. The molecule has 0 radical (unpaired) electrons. The molecular formula is C73H139NO5. The zero-order valence-corrected chi connectivity index (χ0v) is 53.4. The number of aliphatic hydroxyl groups excluding tert-OH is 2. The summed E-state index contributed by atoms with van der Waals surface area (Å²) in [4.78, 5) is 24.6. The van der Waals surface area contributed by atoms with E-state index in [1.807, 2.05) is 6.08 Å². The van der Waals surface area contributed by atoms with Crippen molar-refractivity contribution in [2.45, 2.75) is 405 Å². The minimum Gasteiger partial charge on any atom is -0.466 e. The number of nitrogens with one attached hydrogen (secondary N) is 1. The van der Waals surface area contributed by atoms with Crippen molar-refractivity contribution < 1.29 is 24.5 Å². The van der Waals surface area contributed by atoms with Crippen LogP contribution in [0.4, 0.5) is 0 Å². The van der Waals surface area contributed by atoms with Crippen molar-refractivity contribution in [2.24, 2.45) is 0 Å². The van der Waals surface area contributed by atoms with Gasteiger partial charge in [-0.2, -0.15) is 0 Å². The lowest BCUT2D eigenvalue weighted by Gasteiger charge is -2.20. The van der Waals surface area contributed by atoms with Gasteiger partial charge in [0.05, 0.1) is 25.4 Å². The topological polar surface area (TPSA) is 95.9 Å². The lowest BCUT2D eigenvalue weighted by atomic mass is 10.0. The summed E-state index contributed by atoms with van der Waals surface area (Å²) in [6.45, 7) is 4.89. The maximum absolute atomic E-state index is 12.4. The van der Waals surface area contributed by atoms with Crippen molar-refractivity contribution >= 4 is 11.9 Å². The molecule has 0 saturated carbocycles. The van der Waals surface area contributed by atoms with Crippen molar-refractivity contribution in [3.63, 3.8) is 0 Å². The molecule has 0 heterocycles. The lowest BCUT2D eigenvalue weighted by molar-refractivity contribution is -0.143. The number of unbranched alkanes of at least 4 members (excludes halogenated alkanes) is 52. The van der Waals surface area contributed by atoms with Crippen LogP contribution in [0.2, 0.25) is 0 Å². The molecule has 79 heavy (non-hydrogen) atoms. The molecule has 0 aliphatic rings. The highest BCUT2D eigenvalue weighted by molar-refractivity contribution is 5.76. The molecule has 0 rings (SSSR count). The van der Waals surface area contributed by atoms with Gasteiger partial charge in [-0.25, -0.2) is 0 Å². The maximum atomic E-state index is 12.4. The first kappa shape index (κ1) is 77.1. The summed E-state index contributed by atoms with van der Waals surface area (Å²) >= 11 is 0. The van der Waals surface area contributed by atoms with E-state index in [-0.39, 0.29) is 18.5 Å². The van der Waals surface area contributed by atoms with Gasteiger partial charge >= 0.3 is 5.97 Å². The minimum absolute atomic E-state index is 0.0175. The monoisotopic (exact) mass is 1110 g/mol. The number of aliphatic hydroxyl groups is 2. The Morgan fingerprint density at radius 2 is 0.633 bits per heavy atom. The summed E-state index contributed by atoms with van der Waals surface area (Å²) in [6.07, 6.45) is 88.1. The number of amides is 1. The Kier molecular flexibility index (Phi) is 66.9. The van der Waals surface area contributed by atoms with E-state index in [4.69, 9.17) is 4.74 Å². The van der Waals surface area contributed by atoms with Crippen LogP contribution in [0.3, 0.4) is 0 Å². The van der Waals surface area contributed by atoms with Crippen molar-refractivity contribution in [1.29, 1.82) is 0 Å². The quantitative estimate of drug-likeness (QED) is 0.0320. The Labute approximate surface area is 494 Å². The average Bonchev–Trinajstić information content (AvgIpc) is 3.45. The largest absolute Gasteiger partial charge is 0.466 e. The zero-order valence-electron chi connectivity index (χ0n) is 53.4. The van der Waals surface area contributed by atoms with E-state index in [1.54, 1.807) is 6.08 Å². The normalized spacial score (nSPS) is 12.7. The Hall–Kier alpha value is -1.92. The van der Waals surface area contributed by atoms with Gasteiger partial charge in [-0.3, -0.25) is 9.59 Å². The van der Waals surface area contributed by atoms with Gasteiger partial charge in [0, 0.05) is 12.8 Å². The van der Waals surface area contributed by atoms with Gasteiger partial charge in [0.1, 0.15) is 0 Å². The molecule has 0 aromatic rings. The van der Waals surface area contributed by atoms with E-state index >= 15 is 0 Å². The van der Waals surface area contributed by atoms with E-state index in [1.165, 1.54) is 315 Å². The van der Waals surface area contributed by atoms with E-state index in [0.29, 0.717) is 19.4 Å². The van der Waals surface area contributed by atoms with Crippen molar-refractivity contribution in [1.82, 2.24) is 5.32 Å². The first-order valence-electron chi connectivity index (χ1n) is 35.8. The number of carbonyl (C=O) groups excluding carboxylic acids is 2. The average molecular weight is 1110 g/mol. The molecule has 6 nitrogen and oxygen atoms in total. The van der Waals surface area contributed by atoms with Crippen LogP contribution in [0.15, 0.2) is 36.5 Å². The maximum Gasteiger partial charge on any atom is 0.305 e. The summed E-state index contributed by atoms with van der Waals surface area (Å²) in [5.74, 6) is -0.0458. The van der Waals surface area contributed by atoms with Gasteiger partial charge < -0.3 is 20.3 Å². The second kappa shape index (κ2) is 68.6.